The maximum atomic E-state index is 10.6. The molecule has 0 bridgehead atoms. The quantitative estimate of drug-likeness (QED) is 0.879. The van der Waals surface area contributed by atoms with Crippen LogP contribution < -0.4 is 9.47 Å². The molecule has 1 atom stereocenters. The Hall–Kier alpha value is -2.00. The van der Waals surface area contributed by atoms with Crippen molar-refractivity contribution in [3.63, 3.8) is 0 Å². The molecule has 3 heteroatoms. The van der Waals surface area contributed by atoms with Crippen LogP contribution in [-0.2, 0) is 0 Å². The molecule has 2 aromatic carbocycles. The second kappa shape index (κ2) is 6.19. The van der Waals surface area contributed by atoms with Gasteiger partial charge in [0.1, 0.15) is 17.6 Å². The molecule has 3 nitrogen and oxygen atoms in total. The highest BCUT2D eigenvalue weighted by atomic mass is 16.5. The number of benzene rings is 2. The van der Waals surface area contributed by atoms with Crippen LogP contribution in [0.1, 0.15) is 37.0 Å². The van der Waals surface area contributed by atoms with Crippen LogP contribution in [-0.4, -0.2) is 17.8 Å². The Balaban J connectivity index is 1.78. The van der Waals surface area contributed by atoms with E-state index in [-0.39, 0.29) is 0 Å². The van der Waals surface area contributed by atoms with Gasteiger partial charge in [-0.2, -0.15) is 0 Å². The molecule has 0 aliphatic heterocycles. The molecular weight excluding hydrogens is 264 g/mol. The van der Waals surface area contributed by atoms with Crippen molar-refractivity contribution in [1.82, 2.24) is 0 Å². The van der Waals surface area contributed by atoms with Crippen LogP contribution in [0.25, 0.3) is 0 Å². The number of para-hydroxylation sites is 1. The standard InChI is InChI=1S/C18H20O3/c1-2-20-17-6-4-3-5-16(17)18(19)13-7-9-14(10-8-13)21-15-11-12-15/h3-10,15,18-19H,2,11-12H2,1H3. The fourth-order valence-electron chi connectivity index (χ4n) is 2.28. The van der Waals surface area contributed by atoms with E-state index >= 15 is 0 Å². The van der Waals surface area contributed by atoms with Gasteiger partial charge in [-0.15, -0.1) is 0 Å². The largest absolute Gasteiger partial charge is 0.493 e. The van der Waals surface area contributed by atoms with Gasteiger partial charge in [-0.25, -0.2) is 0 Å². The maximum absolute atomic E-state index is 10.6. The van der Waals surface area contributed by atoms with Crippen molar-refractivity contribution in [3.05, 3.63) is 59.7 Å². The highest BCUT2D eigenvalue weighted by Crippen LogP contribution is 2.32. The zero-order chi connectivity index (χ0) is 14.7. The van der Waals surface area contributed by atoms with Crippen LogP contribution in [0.4, 0.5) is 0 Å². The molecule has 0 heterocycles. The van der Waals surface area contributed by atoms with Crippen molar-refractivity contribution >= 4 is 0 Å². The summed E-state index contributed by atoms with van der Waals surface area (Å²) in [5.74, 6) is 1.59. The molecule has 21 heavy (non-hydrogen) atoms. The highest BCUT2D eigenvalue weighted by molar-refractivity contribution is 5.41. The van der Waals surface area contributed by atoms with Crippen molar-refractivity contribution in [2.24, 2.45) is 0 Å². The van der Waals surface area contributed by atoms with E-state index in [4.69, 9.17) is 9.47 Å². The van der Waals surface area contributed by atoms with Gasteiger partial charge in [-0.1, -0.05) is 30.3 Å². The van der Waals surface area contributed by atoms with Crippen LogP contribution >= 0.6 is 0 Å². The first-order valence-corrected chi connectivity index (χ1v) is 7.44. The first-order valence-electron chi connectivity index (χ1n) is 7.44. The van der Waals surface area contributed by atoms with E-state index in [9.17, 15) is 5.11 Å². The lowest BCUT2D eigenvalue weighted by Gasteiger charge is -2.16. The summed E-state index contributed by atoms with van der Waals surface area (Å²) in [6, 6.07) is 15.2. The van der Waals surface area contributed by atoms with Gasteiger partial charge in [0, 0.05) is 5.56 Å². The smallest absolute Gasteiger partial charge is 0.125 e. The molecule has 0 aromatic heterocycles. The third kappa shape index (κ3) is 3.37. The van der Waals surface area contributed by atoms with Crippen molar-refractivity contribution in [2.45, 2.75) is 32.0 Å². The zero-order valence-electron chi connectivity index (χ0n) is 12.2. The summed E-state index contributed by atoms with van der Waals surface area (Å²) >= 11 is 0. The van der Waals surface area contributed by atoms with Gasteiger partial charge in [-0.05, 0) is 43.5 Å². The molecular formula is C18H20O3. The monoisotopic (exact) mass is 284 g/mol. The molecule has 2 aromatic rings. The lowest BCUT2D eigenvalue weighted by molar-refractivity contribution is 0.211. The van der Waals surface area contributed by atoms with Crippen LogP contribution in [0.15, 0.2) is 48.5 Å². The van der Waals surface area contributed by atoms with E-state index in [1.54, 1.807) is 0 Å². The first-order chi connectivity index (χ1) is 10.3. The minimum Gasteiger partial charge on any atom is -0.493 e. The Labute approximate surface area is 125 Å². The van der Waals surface area contributed by atoms with Gasteiger partial charge in [-0.3, -0.25) is 0 Å². The third-order valence-corrected chi connectivity index (χ3v) is 3.54. The topological polar surface area (TPSA) is 38.7 Å². The fourth-order valence-corrected chi connectivity index (χ4v) is 2.28. The third-order valence-electron chi connectivity index (χ3n) is 3.54. The normalized spacial score (nSPS) is 15.5. The van der Waals surface area contributed by atoms with E-state index in [1.807, 2.05) is 55.5 Å². The summed E-state index contributed by atoms with van der Waals surface area (Å²) in [6.45, 7) is 2.52. The van der Waals surface area contributed by atoms with Gasteiger partial charge in [0.2, 0.25) is 0 Å². The Morgan fingerprint density at radius 3 is 2.48 bits per heavy atom. The number of ether oxygens (including phenoxy) is 2. The molecule has 1 fully saturated rings. The van der Waals surface area contributed by atoms with E-state index < -0.39 is 6.10 Å². The maximum Gasteiger partial charge on any atom is 0.125 e. The average molecular weight is 284 g/mol. The number of aliphatic hydroxyl groups is 1. The molecule has 0 spiro atoms. The first kappa shape index (κ1) is 14.0. The molecule has 1 unspecified atom stereocenters. The predicted octanol–water partition coefficient (Wildman–Crippen LogP) is 3.71. The summed E-state index contributed by atoms with van der Waals surface area (Å²) in [7, 11) is 0. The number of hydrogen-bond acceptors (Lipinski definition) is 3. The van der Waals surface area contributed by atoms with Gasteiger partial charge >= 0.3 is 0 Å². The van der Waals surface area contributed by atoms with Crippen molar-refractivity contribution < 1.29 is 14.6 Å². The summed E-state index contributed by atoms with van der Waals surface area (Å²) in [6.07, 6.45) is 1.99. The van der Waals surface area contributed by atoms with Gasteiger partial charge < -0.3 is 14.6 Å². The van der Waals surface area contributed by atoms with E-state index in [0.29, 0.717) is 12.7 Å². The average Bonchev–Trinajstić information content (AvgIpc) is 3.32. The number of rotatable bonds is 6. The lowest BCUT2D eigenvalue weighted by Crippen LogP contribution is -2.04. The van der Waals surface area contributed by atoms with Gasteiger partial charge in [0.05, 0.1) is 12.7 Å². The molecule has 1 N–H and O–H groups in total. The van der Waals surface area contributed by atoms with Crippen LogP contribution in [0.3, 0.4) is 0 Å². The Morgan fingerprint density at radius 1 is 1.10 bits per heavy atom. The van der Waals surface area contributed by atoms with E-state index in [0.717, 1.165) is 35.5 Å². The van der Waals surface area contributed by atoms with Crippen molar-refractivity contribution in [1.29, 1.82) is 0 Å². The second-order valence-corrected chi connectivity index (χ2v) is 5.26. The number of aliphatic hydroxyl groups excluding tert-OH is 1. The number of hydrogen-bond donors (Lipinski definition) is 1. The molecule has 0 amide bonds. The Kier molecular flexibility index (Phi) is 4.11. The van der Waals surface area contributed by atoms with Gasteiger partial charge in [0.15, 0.2) is 0 Å². The lowest BCUT2D eigenvalue weighted by atomic mass is 10.0. The Morgan fingerprint density at radius 2 is 1.81 bits per heavy atom. The zero-order valence-corrected chi connectivity index (χ0v) is 12.2. The van der Waals surface area contributed by atoms with Crippen molar-refractivity contribution in [3.8, 4) is 11.5 Å². The van der Waals surface area contributed by atoms with Crippen LogP contribution in [0.2, 0.25) is 0 Å². The van der Waals surface area contributed by atoms with E-state index in [1.165, 1.54) is 0 Å². The summed E-state index contributed by atoms with van der Waals surface area (Å²) in [4.78, 5) is 0. The Bertz CT molecular complexity index is 588. The second-order valence-electron chi connectivity index (χ2n) is 5.26. The molecule has 0 radical (unpaired) electrons. The van der Waals surface area contributed by atoms with Crippen LogP contribution in [0, 0.1) is 0 Å². The molecule has 1 aliphatic rings. The molecule has 1 aliphatic carbocycles. The van der Waals surface area contributed by atoms with Gasteiger partial charge in [0.25, 0.3) is 0 Å². The minimum atomic E-state index is -0.692. The molecule has 3 rings (SSSR count). The fraction of sp³-hybridized carbons (Fsp3) is 0.333. The molecule has 1 saturated carbocycles. The highest BCUT2D eigenvalue weighted by Gasteiger charge is 2.23. The summed E-state index contributed by atoms with van der Waals surface area (Å²) < 4.78 is 11.3. The summed E-state index contributed by atoms with van der Waals surface area (Å²) in [5, 5.41) is 10.6. The SMILES string of the molecule is CCOc1ccccc1C(O)c1ccc(OC2CC2)cc1. The minimum absolute atomic E-state index is 0.388. The molecule has 110 valence electrons. The predicted molar refractivity (Wildman–Crippen MR) is 81.8 cm³/mol. The van der Waals surface area contributed by atoms with E-state index in [2.05, 4.69) is 0 Å². The van der Waals surface area contributed by atoms with Crippen LogP contribution in [0.5, 0.6) is 11.5 Å². The van der Waals surface area contributed by atoms with Crippen molar-refractivity contribution in [2.75, 3.05) is 6.61 Å². The molecule has 0 saturated heterocycles. The summed E-state index contributed by atoms with van der Waals surface area (Å²) in [5.41, 5.74) is 1.63.